The minimum absolute atomic E-state index is 0.608. The monoisotopic (exact) mass is 272 g/mol. The molecule has 3 heteroatoms. The molecule has 0 unspecified atom stereocenters. The van der Waals surface area contributed by atoms with Crippen molar-refractivity contribution < 1.29 is 0 Å². The Morgan fingerprint density at radius 2 is 2.25 bits per heavy atom. The zero-order valence-electron chi connectivity index (χ0n) is 6.47. The smallest absolute Gasteiger partial charge is 0.0465 e. The number of benzene rings is 1. The van der Waals surface area contributed by atoms with E-state index in [2.05, 4.69) is 45.8 Å². The molecule has 0 aliphatic carbocycles. The fourth-order valence-corrected chi connectivity index (χ4v) is 1.86. The van der Waals surface area contributed by atoms with E-state index in [0.29, 0.717) is 6.54 Å². The number of aromatic nitrogens is 1. The van der Waals surface area contributed by atoms with Crippen LogP contribution in [0.4, 0.5) is 0 Å². The summed E-state index contributed by atoms with van der Waals surface area (Å²) in [7, 11) is 0. The predicted octanol–water partition coefficient (Wildman–Crippen LogP) is 2.23. The normalized spacial score (nSPS) is 10.8. The van der Waals surface area contributed by atoms with Crippen LogP contribution in [0.1, 0.15) is 5.56 Å². The van der Waals surface area contributed by atoms with Gasteiger partial charge in [0.25, 0.3) is 0 Å². The van der Waals surface area contributed by atoms with Gasteiger partial charge in [0.05, 0.1) is 0 Å². The van der Waals surface area contributed by atoms with Crippen LogP contribution in [0.2, 0.25) is 0 Å². The van der Waals surface area contributed by atoms with Gasteiger partial charge < -0.3 is 10.7 Å². The number of rotatable bonds is 1. The number of halogens is 1. The second-order valence-electron chi connectivity index (χ2n) is 2.72. The summed E-state index contributed by atoms with van der Waals surface area (Å²) in [5, 5.41) is 1.26. The third-order valence-corrected chi connectivity index (χ3v) is 2.82. The Hall–Kier alpha value is -0.550. The Morgan fingerprint density at radius 1 is 1.42 bits per heavy atom. The van der Waals surface area contributed by atoms with E-state index in [1.165, 1.54) is 20.0 Å². The molecule has 0 saturated carbocycles. The lowest BCUT2D eigenvalue weighted by Gasteiger charge is -1.96. The van der Waals surface area contributed by atoms with Gasteiger partial charge in [-0.15, -0.1) is 0 Å². The van der Waals surface area contributed by atoms with Crippen molar-refractivity contribution in [2.24, 2.45) is 5.73 Å². The number of aromatic amines is 1. The number of hydrogen-bond donors (Lipinski definition) is 2. The van der Waals surface area contributed by atoms with Crippen LogP contribution in [0.5, 0.6) is 0 Å². The molecule has 62 valence electrons. The van der Waals surface area contributed by atoms with E-state index in [0.717, 1.165) is 0 Å². The Labute approximate surface area is 84.3 Å². The van der Waals surface area contributed by atoms with Gasteiger partial charge in [-0.3, -0.25) is 0 Å². The average Bonchev–Trinajstić information content (AvgIpc) is 2.47. The fourth-order valence-electron chi connectivity index (χ4n) is 1.26. The maximum Gasteiger partial charge on any atom is 0.0465 e. The molecule has 1 aromatic carbocycles. The fraction of sp³-hybridized carbons (Fsp3) is 0.111. The Bertz CT molecular complexity index is 406. The molecule has 0 saturated heterocycles. The molecule has 2 nitrogen and oxygen atoms in total. The van der Waals surface area contributed by atoms with E-state index in [9.17, 15) is 0 Å². The van der Waals surface area contributed by atoms with E-state index < -0.39 is 0 Å². The molecule has 0 aliphatic rings. The molecule has 2 aromatic rings. The van der Waals surface area contributed by atoms with Gasteiger partial charge in [0.15, 0.2) is 0 Å². The lowest BCUT2D eigenvalue weighted by atomic mass is 10.1. The van der Waals surface area contributed by atoms with E-state index in [1.54, 1.807) is 0 Å². The van der Waals surface area contributed by atoms with Crippen LogP contribution in [0.3, 0.4) is 0 Å². The standard InChI is InChI=1S/C9H9IN2/c10-8-5-12-9-2-1-6(4-11)3-7(8)9/h1-3,5,12H,4,11H2. The lowest BCUT2D eigenvalue weighted by Crippen LogP contribution is -1.95. The average molecular weight is 272 g/mol. The first kappa shape index (κ1) is 8.07. The summed E-state index contributed by atoms with van der Waals surface area (Å²) in [5.74, 6) is 0. The summed E-state index contributed by atoms with van der Waals surface area (Å²) in [5.41, 5.74) is 7.90. The van der Waals surface area contributed by atoms with Gasteiger partial charge >= 0.3 is 0 Å². The minimum atomic E-state index is 0.608. The Morgan fingerprint density at radius 3 is 3.00 bits per heavy atom. The second-order valence-corrected chi connectivity index (χ2v) is 3.88. The first-order chi connectivity index (χ1) is 5.81. The molecule has 12 heavy (non-hydrogen) atoms. The number of nitrogens with one attached hydrogen (secondary N) is 1. The highest BCUT2D eigenvalue weighted by molar-refractivity contribution is 14.1. The van der Waals surface area contributed by atoms with Crippen molar-refractivity contribution in [3.05, 3.63) is 33.5 Å². The second kappa shape index (κ2) is 3.06. The van der Waals surface area contributed by atoms with Crippen LogP contribution in [-0.2, 0) is 6.54 Å². The number of nitrogens with two attached hydrogens (primary N) is 1. The van der Waals surface area contributed by atoms with Gasteiger partial charge in [0.2, 0.25) is 0 Å². The quantitative estimate of drug-likeness (QED) is 0.768. The van der Waals surface area contributed by atoms with Crippen LogP contribution in [0.15, 0.2) is 24.4 Å². The molecule has 0 radical (unpaired) electrons. The molecule has 0 bridgehead atoms. The first-order valence-corrected chi connectivity index (χ1v) is 4.84. The first-order valence-electron chi connectivity index (χ1n) is 3.77. The maximum atomic E-state index is 5.55. The Balaban J connectivity index is 2.71. The van der Waals surface area contributed by atoms with Gasteiger partial charge in [-0.2, -0.15) is 0 Å². The third-order valence-electron chi connectivity index (χ3n) is 1.93. The van der Waals surface area contributed by atoms with Crippen LogP contribution in [0.25, 0.3) is 10.9 Å². The topological polar surface area (TPSA) is 41.8 Å². The SMILES string of the molecule is NCc1ccc2[nH]cc(I)c2c1. The third kappa shape index (κ3) is 1.23. The molecule has 1 heterocycles. The molecule has 3 N–H and O–H groups in total. The number of fused-ring (bicyclic) bond motifs is 1. The number of H-pyrrole nitrogens is 1. The van der Waals surface area contributed by atoms with Crippen molar-refractivity contribution in [3.63, 3.8) is 0 Å². The van der Waals surface area contributed by atoms with Crippen LogP contribution in [-0.4, -0.2) is 4.98 Å². The van der Waals surface area contributed by atoms with Crippen molar-refractivity contribution in [1.29, 1.82) is 0 Å². The molecule has 0 aliphatic heterocycles. The molecule has 2 rings (SSSR count). The molecule has 0 spiro atoms. The summed E-state index contributed by atoms with van der Waals surface area (Å²) in [6.07, 6.45) is 2.01. The van der Waals surface area contributed by atoms with Gasteiger partial charge in [-0.05, 0) is 40.3 Å². The zero-order chi connectivity index (χ0) is 8.55. The van der Waals surface area contributed by atoms with Gasteiger partial charge in [-0.25, -0.2) is 0 Å². The minimum Gasteiger partial charge on any atom is -0.360 e. The molecule has 0 atom stereocenters. The molecule has 1 aromatic heterocycles. The van der Waals surface area contributed by atoms with Crippen molar-refractivity contribution in [1.82, 2.24) is 4.98 Å². The highest BCUT2D eigenvalue weighted by atomic mass is 127. The summed E-state index contributed by atoms with van der Waals surface area (Å²) < 4.78 is 1.25. The number of hydrogen-bond acceptors (Lipinski definition) is 1. The van der Waals surface area contributed by atoms with Gasteiger partial charge in [0.1, 0.15) is 0 Å². The molecular weight excluding hydrogens is 263 g/mol. The van der Waals surface area contributed by atoms with Crippen molar-refractivity contribution in [3.8, 4) is 0 Å². The van der Waals surface area contributed by atoms with Crippen molar-refractivity contribution in [2.45, 2.75) is 6.54 Å². The maximum absolute atomic E-state index is 5.55. The van der Waals surface area contributed by atoms with Crippen molar-refractivity contribution in [2.75, 3.05) is 0 Å². The van der Waals surface area contributed by atoms with Gasteiger partial charge in [0, 0.05) is 27.2 Å². The van der Waals surface area contributed by atoms with Crippen LogP contribution in [0, 0.1) is 3.57 Å². The lowest BCUT2D eigenvalue weighted by molar-refractivity contribution is 1.08. The Kier molecular flexibility index (Phi) is 2.06. The summed E-state index contributed by atoms with van der Waals surface area (Å²) in [4.78, 5) is 3.19. The van der Waals surface area contributed by atoms with E-state index in [-0.39, 0.29) is 0 Å². The van der Waals surface area contributed by atoms with E-state index in [4.69, 9.17) is 5.73 Å². The highest BCUT2D eigenvalue weighted by Gasteiger charge is 2.00. The summed E-state index contributed by atoms with van der Waals surface area (Å²) in [6, 6.07) is 6.25. The zero-order valence-corrected chi connectivity index (χ0v) is 8.63. The van der Waals surface area contributed by atoms with Crippen LogP contribution < -0.4 is 5.73 Å². The molecule has 0 amide bonds. The molecular formula is C9H9IN2. The molecule has 0 fully saturated rings. The summed E-state index contributed by atoms with van der Waals surface area (Å²) >= 11 is 2.31. The van der Waals surface area contributed by atoms with Gasteiger partial charge in [-0.1, -0.05) is 6.07 Å². The highest BCUT2D eigenvalue weighted by Crippen LogP contribution is 2.20. The van der Waals surface area contributed by atoms with Crippen LogP contribution >= 0.6 is 22.6 Å². The van der Waals surface area contributed by atoms with E-state index >= 15 is 0 Å². The summed E-state index contributed by atoms with van der Waals surface area (Å²) in [6.45, 7) is 0.608. The largest absolute Gasteiger partial charge is 0.360 e. The predicted molar refractivity (Wildman–Crippen MR) is 58.9 cm³/mol. The van der Waals surface area contributed by atoms with Crippen molar-refractivity contribution >= 4 is 33.5 Å². The van der Waals surface area contributed by atoms with E-state index in [1.807, 2.05) is 6.20 Å².